The zero-order valence-electron chi connectivity index (χ0n) is 16.7. The Morgan fingerprint density at radius 2 is 1.86 bits per heavy atom. The van der Waals surface area contributed by atoms with E-state index in [-0.39, 0.29) is 25.1 Å². The Labute approximate surface area is 176 Å². The van der Waals surface area contributed by atoms with Crippen LogP contribution in [0.5, 0.6) is 5.75 Å². The summed E-state index contributed by atoms with van der Waals surface area (Å²) in [6, 6.07) is 13.1. The van der Waals surface area contributed by atoms with Gasteiger partial charge in [-0.15, -0.1) is 0 Å². The molecular formula is C22H26ClN3O3. The number of benzene rings is 2. The molecule has 3 rings (SSSR count). The topological polar surface area (TPSA) is 70.7 Å². The molecule has 29 heavy (non-hydrogen) atoms. The number of hydrogen-bond donors (Lipinski definition) is 2. The predicted octanol–water partition coefficient (Wildman–Crippen LogP) is 3.30. The number of nitrogens with zero attached hydrogens (tertiary/aromatic N) is 1. The summed E-state index contributed by atoms with van der Waals surface area (Å²) < 4.78 is 5.77. The first-order valence-electron chi connectivity index (χ1n) is 9.73. The number of imide groups is 1. The third kappa shape index (κ3) is 5.71. The molecule has 1 atom stereocenters. The average Bonchev–Trinajstić information content (AvgIpc) is 2.94. The quantitative estimate of drug-likeness (QED) is 0.487. The maximum Gasteiger partial charge on any atom is 0.324 e. The van der Waals surface area contributed by atoms with Crippen molar-refractivity contribution in [2.24, 2.45) is 0 Å². The van der Waals surface area contributed by atoms with E-state index in [9.17, 15) is 9.59 Å². The molecule has 2 aromatic rings. The molecule has 2 aromatic carbocycles. The van der Waals surface area contributed by atoms with Crippen molar-refractivity contribution in [3.8, 4) is 5.75 Å². The SMILES string of the molecule is Cc1cc(CNCCc2ccc(Cl)cc2)ccc1OCCN1C(=O)N[C@@H](C)C1=O. The lowest BCUT2D eigenvalue weighted by atomic mass is 10.1. The van der Waals surface area contributed by atoms with Gasteiger partial charge in [-0.1, -0.05) is 35.9 Å². The van der Waals surface area contributed by atoms with Gasteiger partial charge in [-0.25, -0.2) is 4.79 Å². The van der Waals surface area contributed by atoms with E-state index in [2.05, 4.69) is 16.7 Å². The number of carbonyl (C=O) groups is 2. The molecule has 1 fully saturated rings. The Balaban J connectivity index is 1.42. The van der Waals surface area contributed by atoms with Crippen LogP contribution in [0, 0.1) is 6.92 Å². The Hall–Kier alpha value is -2.57. The van der Waals surface area contributed by atoms with E-state index in [0.717, 1.165) is 35.8 Å². The van der Waals surface area contributed by atoms with Crippen molar-refractivity contribution in [3.05, 3.63) is 64.2 Å². The molecule has 0 spiro atoms. The van der Waals surface area contributed by atoms with Gasteiger partial charge in [0.15, 0.2) is 0 Å². The Morgan fingerprint density at radius 3 is 2.52 bits per heavy atom. The molecule has 2 N–H and O–H groups in total. The fraction of sp³-hybridized carbons (Fsp3) is 0.364. The van der Waals surface area contributed by atoms with Gasteiger partial charge in [-0.2, -0.15) is 0 Å². The minimum atomic E-state index is -0.462. The van der Waals surface area contributed by atoms with Gasteiger partial charge in [0.1, 0.15) is 18.4 Å². The summed E-state index contributed by atoms with van der Waals surface area (Å²) in [5, 5.41) is 6.79. The summed E-state index contributed by atoms with van der Waals surface area (Å²) in [7, 11) is 0. The number of aryl methyl sites for hydroxylation is 1. The first-order valence-corrected chi connectivity index (χ1v) is 10.1. The first kappa shape index (κ1) is 21.1. The molecule has 0 aromatic heterocycles. The highest BCUT2D eigenvalue weighted by molar-refractivity contribution is 6.30. The number of nitrogens with one attached hydrogen (secondary N) is 2. The molecule has 6 nitrogen and oxygen atoms in total. The summed E-state index contributed by atoms with van der Waals surface area (Å²) in [5.41, 5.74) is 3.45. The molecular weight excluding hydrogens is 390 g/mol. The highest BCUT2D eigenvalue weighted by atomic mass is 35.5. The van der Waals surface area contributed by atoms with Gasteiger partial charge in [-0.05, 0) is 61.7 Å². The molecule has 1 heterocycles. The summed E-state index contributed by atoms with van der Waals surface area (Å²) in [5.74, 6) is 0.547. The van der Waals surface area contributed by atoms with Crippen molar-refractivity contribution in [2.45, 2.75) is 32.9 Å². The minimum Gasteiger partial charge on any atom is -0.491 e. The molecule has 1 aliphatic rings. The van der Waals surface area contributed by atoms with Gasteiger partial charge in [-0.3, -0.25) is 9.69 Å². The highest BCUT2D eigenvalue weighted by Crippen LogP contribution is 2.19. The van der Waals surface area contributed by atoms with Crippen LogP contribution in [0.25, 0.3) is 0 Å². The number of carbonyl (C=O) groups excluding carboxylic acids is 2. The van der Waals surface area contributed by atoms with Gasteiger partial charge in [0.25, 0.3) is 5.91 Å². The molecule has 3 amide bonds. The van der Waals surface area contributed by atoms with Gasteiger partial charge in [0, 0.05) is 11.6 Å². The molecule has 0 saturated carbocycles. The average molecular weight is 416 g/mol. The van der Waals surface area contributed by atoms with E-state index in [1.807, 2.05) is 43.3 Å². The number of hydrogen-bond acceptors (Lipinski definition) is 4. The first-order chi connectivity index (χ1) is 13.9. The Kier molecular flexibility index (Phi) is 7.12. The third-order valence-electron chi connectivity index (χ3n) is 4.87. The molecule has 1 saturated heterocycles. The van der Waals surface area contributed by atoms with Crippen molar-refractivity contribution < 1.29 is 14.3 Å². The molecule has 7 heteroatoms. The van der Waals surface area contributed by atoms with Gasteiger partial charge in [0.05, 0.1) is 6.54 Å². The molecule has 0 unspecified atom stereocenters. The van der Waals surface area contributed by atoms with Crippen LogP contribution in [0.15, 0.2) is 42.5 Å². The van der Waals surface area contributed by atoms with Crippen molar-refractivity contribution >= 4 is 23.5 Å². The van der Waals surface area contributed by atoms with Crippen LogP contribution in [0.4, 0.5) is 4.79 Å². The summed E-state index contributed by atoms with van der Waals surface area (Å²) >= 11 is 5.90. The van der Waals surface area contributed by atoms with Crippen molar-refractivity contribution in [2.75, 3.05) is 19.7 Å². The molecule has 154 valence electrons. The fourth-order valence-electron chi connectivity index (χ4n) is 3.22. The van der Waals surface area contributed by atoms with Crippen LogP contribution in [0.1, 0.15) is 23.6 Å². The van der Waals surface area contributed by atoms with Gasteiger partial charge >= 0.3 is 6.03 Å². The second-order valence-corrected chi connectivity index (χ2v) is 7.60. The highest BCUT2D eigenvalue weighted by Gasteiger charge is 2.34. The molecule has 0 aliphatic carbocycles. The summed E-state index contributed by atoms with van der Waals surface area (Å²) in [6.45, 7) is 5.82. The Bertz CT molecular complexity index is 870. The zero-order chi connectivity index (χ0) is 20.8. The normalized spacial score (nSPS) is 16.2. The maximum absolute atomic E-state index is 11.9. The number of urea groups is 1. The molecule has 0 bridgehead atoms. The monoisotopic (exact) mass is 415 g/mol. The van der Waals surface area contributed by atoms with Gasteiger partial charge in [0.2, 0.25) is 0 Å². The number of ether oxygens (including phenoxy) is 1. The molecule has 0 radical (unpaired) electrons. The second-order valence-electron chi connectivity index (χ2n) is 7.16. The van der Waals surface area contributed by atoms with E-state index >= 15 is 0 Å². The van der Waals surface area contributed by atoms with Crippen LogP contribution in [-0.4, -0.2) is 42.6 Å². The van der Waals surface area contributed by atoms with Crippen molar-refractivity contribution in [1.29, 1.82) is 0 Å². The van der Waals surface area contributed by atoms with Crippen LogP contribution in [0.3, 0.4) is 0 Å². The molecule has 1 aliphatic heterocycles. The smallest absolute Gasteiger partial charge is 0.324 e. The lowest BCUT2D eigenvalue weighted by Crippen LogP contribution is -2.34. The van der Waals surface area contributed by atoms with Crippen LogP contribution in [0.2, 0.25) is 5.02 Å². The van der Waals surface area contributed by atoms with E-state index in [4.69, 9.17) is 16.3 Å². The van der Waals surface area contributed by atoms with Crippen molar-refractivity contribution in [3.63, 3.8) is 0 Å². The fourth-order valence-corrected chi connectivity index (χ4v) is 3.34. The lowest BCUT2D eigenvalue weighted by molar-refractivity contribution is -0.127. The van der Waals surface area contributed by atoms with Gasteiger partial charge < -0.3 is 15.4 Å². The van der Waals surface area contributed by atoms with E-state index in [1.165, 1.54) is 16.0 Å². The van der Waals surface area contributed by atoms with Crippen molar-refractivity contribution in [1.82, 2.24) is 15.5 Å². The van der Waals surface area contributed by atoms with E-state index in [1.54, 1.807) is 6.92 Å². The Morgan fingerprint density at radius 1 is 1.14 bits per heavy atom. The van der Waals surface area contributed by atoms with Crippen LogP contribution in [-0.2, 0) is 17.8 Å². The van der Waals surface area contributed by atoms with Crippen LogP contribution >= 0.6 is 11.6 Å². The largest absolute Gasteiger partial charge is 0.491 e. The number of amides is 3. The lowest BCUT2D eigenvalue weighted by Gasteiger charge is -2.15. The predicted molar refractivity (Wildman–Crippen MR) is 113 cm³/mol. The third-order valence-corrected chi connectivity index (χ3v) is 5.12. The second kappa shape index (κ2) is 9.76. The van der Waals surface area contributed by atoms with E-state index in [0.29, 0.717) is 0 Å². The standard InChI is InChI=1S/C22H26ClN3O3/c1-15-13-18(14-24-10-9-17-3-6-19(23)7-4-17)5-8-20(15)29-12-11-26-21(27)16(2)25-22(26)28/h3-8,13,16,24H,9-12,14H2,1-2H3,(H,25,28)/t16-/m0/s1. The maximum atomic E-state index is 11.9. The minimum absolute atomic E-state index is 0.213. The number of halogens is 1. The summed E-state index contributed by atoms with van der Waals surface area (Å²) in [4.78, 5) is 24.8. The van der Waals surface area contributed by atoms with Crippen LogP contribution < -0.4 is 15.4 Å². The zero-order valence-corrected chi connectivity index (χ0v) is 17.5. The van der Waals surface area contributed by atoms with E-state index < -0.39 is 6.04 Å². The summed E-state index contributed by atoms with van der Waals surface area (Å²) in [6.07, 6.45) is 0.943. The number of rotatable bonds is 9.